The van der Waals surface area contributed by atoms with E-state index in [0.29, 0.717) is 6.54 Å². The van der Waals surface area contributed by atoms with Crippen LogP contribution in [0.4, 0.5) is 0 Å². The van der Waals surface area contributed by atoms with Crippen LogP contribution in [0, 0.1) is 13.8 Å². The van der Waals surface area contributed by atoms with Gasteiger partial charge in [0.1, 0.15) is 5.76 Å². The molecule has 3 aromatic rings. The van der Waals surface area contributed by atoms with E-state index in [0.717, 1.165) is 62.4 Å². The van der Waals surface area contributed by atoms with Crippen molar-refractivity contribution >= 4 is 17.3 Å². The number of aromatic nitrogens is 2. The molecule has 2 aliphatic heterocycles. The van der Waals surface area contributed by atoms with E-state index in [1.54, 1.807) is 6.26 Å². The van der Waals surface area contributed by atoms with Crippen molar-refractivity contribution in [3.63, 3.8) is 0 Å². The SMILES string of the molecule is Cc1cc(C2C(c3ccccn3)NC(=S)N2Cc2ccco2)c(C)n1CCCN1CCOCC1. The number of aryl methyl sites for hydroxylation is 1. The lowest BCUT2D eigenvalue weighted by molar-refractivity contribution is 0.0369. The van der Waals surface area contributed by atoms with Gasteiger partial charge < -0.3 is 23.9 Å². The molecule has 8 heteroatoms. The van der Waals surface area contributed by atoms with Crippen LogP contribution < -0.4 is 5.32 Å². The summed E-state index contributed by atoms with van der Waals surface area (Å²) in [5, 5.41) is 4.28. The Morgan fingerprint density at radius 1 is 1.12 bits per heavy atom. The maximum atomic E-state index is 5.82. The summed E-state index contributed by atoms with van der Waals surface area (Å²) < 4.78 is 13.6. The van der Waals surface area contributed by atoms with E-state index >= 15 is 0 Å². The quantitative estimate of drug-likeness (QED) is 0.490. The Bertz CT molecular complexity index is 1090. The number of nitrogens with one attached hydrogen (secondary N) is 1. The molecule has 2 aliphatic rings. The molecule has 34 heavy (non-hydrogen) atoms. The highest BCUT2D eigenvalue weighted by atomic mass is 32.1. The van der Waals surface area contributed by atoms with Gasteiger partial charge in [-0.1, -0.05) is 6.07 Å². The second-order valence-corrected chi connectivity index (χ2v) is 9.51. The van der Waals surface area contributed by atoms with Crippen LogP contribution in [0.15, 0.2) is 53.3 Å². The molecule has 2 unspecified atom stereocenters. The monoisotopic (exact) mass is 479 g/mol. The molecule has 2 atom stereocenters. The molecule has 0 amide bonds. The van der Waals surface area contributed by atoms with Gasteiger partial charge in [0.25, 0.3) is 0 Å². The van der Waals surface area contributed by atoms with Crippen molar-refractivity contribution < 1.29 is 9.15 Å². The first-order valence-electron chi connectivity index (χ1n) is 12.1. The molecule has 2 fully saturated rings. The zero-order valence-corrected chi connectivity index (χ0v) is 20.8. The summed E-state index contributed by atoms with van der Waals surface area (Å²) in [6, 6.07) is 12.3. The van der Waals surface area contributed by atoms with E-state index in [-0.39, 0.29) is 12.1 Å². The van der Waals surface area contributed by atoms with Crippen LogP contribution in [0.25, 0.3) is 0 Å². The third-order valence-corrected chi connectivity index (χ3v) is 7.35. The number of hydrogen-bond acceptors (Lipinski definition) is 5. The van der Waals surface area contributed by atoms with Gasteiger partial charge in [-0.05, 0) is 68.4 Å². The van der Waals surface area contributed by atoms with Crippen LogP contribution in [-0.4, -0.2) is 57.3 Å². The fraction of sp³-hybridized carbons (Fsp3) is 0.462. The van der Waals surface area contributed by atoms with Crippen molar-refractivity contribution in [3.05, 3.63) is 77.3 Å². The normalized spacial score (nSPS) is 21.2. The van der Waals surface area contributed by atoms with E-state index in [9.17, 15) is 0 Å². The van der Waals surface area contributed by atoms with Crippen LogP contribution >= 0.6 is 12.2 Å². The van der Waals surface area contributed by atoms with E-state index < -0.39 is 0 Å². The van der Waals surface area contributed by atoms with E-state index in [2.05, 4.69) is 50.6 Å². The molecular formula is C26H33N5O2S. The lowest BCUT2D eigenvalue weighted by atomic mass is 9.96. The average Bonchev–Trinajstić information content (AvgIpc) is 3.56. The van der Waals surface area contributed by atoms with Crippen LogP contribution in [-0.2, 0) is 17.8 Å². The average molecular weight is 480 g/mol. The number of nitrogens with zero attached hydrogens (tertiary/aromatic N) is 4. The number of morpholine rings is 1. The fourth-order valence-corrected chi connectivity index (χ4v) is 5.54. The number of furan rings is 1. The van der Waals surface area contributed by atoms with Crippen molar-refractivity contribution in [1.82, 2.24) is 24.7 Å². The Labute approximate surface area is 206 Å². The lowest BCUT2D eigenvalue weighted by Gasteiger charge is -2.28. The van der Waals surface area contributed by atoms with Gasteiger partial charge in [0, 0.05) is 43.8 Å². The van der Waals surface area contributed by atoms with Crippen molar-refractivity contribution in [1.29, 1.82) is 0 Å². The van der Waals surface area contributed by atoms with Crippen LogP contribution in [0.2, 0.25) is 0 Å². The van der Waals surface area contributed by atoms with Crippen molar-refractivity contribution in [2.75, 3.05) is 32.8 Å². The molecule has 0 bridgehead atoms. The van der Waals surface area contributed by atoms with E-state index in [1.807, 2.05) is 30.5 Å². The number of rotatable bonds is 8. The van der Waals surface area contributed by atoms with Crippen LogP contribution in [0.1, 0.15) is 46.9 Å². The smallest absolute Gasteiger partial charge is 0.170 e. The summed E-state index contributed by atoms with van der Waals surface area (Å²) in [6.45, 7) is 10.9. The third-order valence-electron chi connectivity index (χ3n) is 7.00. The van der Waals surface area contributed by atoms with Crippen LogP contribution in [0.5, 0.6) is 0 Å². The zero-order valence-electron chi connectivity index (χ0n) is 19.9. The van der Waals surface area contributed by atoms with Crippen molar-refractivity contribution in [2.45, 2.75) is 45.4 Å². The molecule has 0 saturated carbocycles. The predicted molar refractivity (Wildman–Crippen MR) is 135 cm³/mol. The summed E-state index contributed by atoms with van der Waals surface area (Å²) >= 11 is 5.82. The Morgan fingerprint density at radius 3 is 2.71 bits per heavy atom. The van der Waals surface area contributed by atoms with Gasteiger partial charge in [0.05, 0.1) is 43.8 Å². The predicted octanol–water partition coefficient (Wildman–Crippen LogP) is 3.99. The maximum absolute atomic E-state index is 5.82. The van der Waals surface area contributed by atoms with Gasteiger partial charge in [0.2, 0.25) is 0 Å². The molecule has 7 nitrogen and oxygen atoms in total. The van der Waals surface area contributed by atoms with Crippen molar-refractivity contribution in [3.8, 4) is 0 Å². The molecule has 0 aromatic carbocycles. The van der Waals surface area contributed by atoms with Crippen molar-refractivity contribution in [2.24, 2.45) is 0 Å². The summed E-state index contributed by atoms with van der Waals surface area (Å²) in [4.78, 5) is 9.41. The second kappa shape index (κ2) is 10.3. The highest BCUT2D eigenvalue weighted by Crippen LogP contribution is 2.41. The number of hydrogen-bond donors (Lipinski definition) is 1. The van der Waals surface area contributed by atoms with E-state index in [1.165, 1.54) is 17.0 Å². The molecule has 5 heterocycles. The number of pyridine rings is 1. The highest BCUT2D eigenvalue weighted by molar-refractivity contribution is 7.80. The zero-order chi connectivity index (χ0) is 23.5. The number of thiocarbonyl (C=S) groups is 1. The van der Waals surface area contributed by atoms with Gasteiger partial charge in [-0.2, -0.15) is 0 Å². The second-order valence-electron chi connectivity index (χ2n) is 9.12. The Kier molecular flexibility index (Phi) is 6.99. The first kappa shape index (κ1) is 23.1. The Balaban J connectivity index is 1.41. The van der Waals surface area contributed by atoms with Gasteiger partial charge in [0.15, 0.2) is 5.11 Å². The summed E-state index contributed by atoms with van der Waals surface area (Å²) in [5.41, 5.74) is 4.86. The molecule has 3 aromatic heterocycles. The van der Waals surface area contributed by atoms with Gasteiger partial charge in [-0.25, -0.2) is 0 Å². The maximum Gasteiger partial charge on any atom is 0.170 e. The van der Waals surface area contributed by atoms with Gasteiger partial charge in [-0.3, -0.25) is 9.88 Å². The standard InChI is InChI=1S/C26H33N5O2S/c1-19-17-22(20(2)30(19)11-6-10-29-12-15-32-16-13-29)25-24(23-8-3-4-9-27-23)28-26(34)31(25)18-21-7-5-14-33-21/h3-5,7-9,14,17,24-25H,6,10-13,15-16,18H2,1-2H3,(H,28,34). The van der Waals surface area contributed by atoms with E-state index in [4.69, 9.17) is 21.4 Å². The Morgan fingerprint density at radius 2 is 1.97 bits per heavy atom. The Hall–Kier alpha value is -2.68. The van der Waals surface area contributed by atoms with Crippen LogP contribution in [0.3, 0.4) is 0 Å². The molecule has 0 radical (unpaired) electrons. The van der Waals surface area contributed by atoms with Gasteiger partial charge in [-0.15, -0.1) is 0 Å². The lowest BCUT2D eigenvalue weighted by Crippen LogP contribution is -2.37. The summed E-state index contributed by atoms with van der Waals surface area (Å²) in [6.07, 6.45) is 4.69. The molecule has 5 rings (SSSR count). The fourth-order valence-electron chi connectivity index (χ4n) is 5.23. The summed E-state index contributed by atoms with van der Waals surface area (Å²) in [7, 11) is 0. The highest BCUT2D eigenvalue weighted by Gasteiger charge is 2.41. The minimum absolute atomic E-state index is 0.0223. The molecule has 0 spiro atoms. The minimum Gasteiger partial charge on any atom is -0.467 e. The first-order chi connectivity index (χ1) is 16.6. The third kappa shape index (κ3) is 4.76. The first-order valence-corrected chi connectivity index (χ1v) is 12.5. The largest absolute Gasteiger partial charge is 0.467 e. The summed E-state index contributed by atoms with van der Waals surface area (Å²) in [5.74, 6) is 0.898. The minimum atomic E-state index is -0.0223. The topological polar surface area (TPSA) is 58.7 Å². The van der Waals surface area contributed by atoms with Gasteiger partial charge >= 0.3 is 0 Å². The molecule has 1 N–H and O–H groups in total. The molecule has 180 valence electrons. The molecular weight excluding hydrogens is 446 g/mol. The molecule has 0 aliphatic carbocycles. The molecule has 2 saturated heterocycles. The number of ether oxygens (including phenoxy) is 1.